The summed E-state index contributed by atoms with van der Waals surface area (Å²) in [6.45, 7) is 6.72. The molecule has 0 aliphatic heterocycles. The minimum absolute atomic E-state index is 0.601. The molecule has 0 radical (unpaired) electrons. The molecule has 0 bridgehead atoms. The van der Waals surface area contributed by atoms with Gasteiger partial charge in [-0.3, -0.25) is 4.98 Å². The molecule has 0 spiro atoms. The van der Waals surface area contributed by atoms with Gasteiger partial charge in [-0.05, 0) is 22.0 Å². The van der Waals surface area contributed by atoms with Gasteiger partial charge in [0.2, 0.25) is 5.69 Å². The number of hydrogen-bond acceptors (Lipinski definition) is 1. The number of hydrogen-bond donors (Lipinski definition) is 0. The largest absolute Gasteiger partial charge is 0.261 e. The van der Waals surface area contributed by atoms with Crippen LogP contribution >= 0.6 is 38.5 Å². The Morgan fingerprint density at radius 3 is 2.90 bits per heavy atom. The number of aromatic nitrogens is 1. The van der Waals surface area contributed by atoms with Gasteiger partial charge in [0.05, 0.1) is 6.57 Å². The lowest BCUT2D eigenvalue weighted by Crippen LogP contribution is -1.76. The molecule has 1 rings (SSSR count). The molecule has 10 heavy (non-hydrogen) atoms. The van der Waals surface area contributed by atoms with E-state index in [0.29, 0.717) is 5.69 Å². The summed E-state index contributed by atoms with van der Waals surface area (Å²) < 4.78 is 1.69. The summed E-state index contributed by atoms with van der Waals surface area (Å²) in [6.07, 6.45) is 1.55. The van der Waals surface area contributed by atoms with E-state index in [-0.39, 0.29) is 0 Å². The van der Waals surface area contributed by atoms with Crippen LogP contribution in [0.15, 0.2) is 16.9 Å². The molecule has 0 unspecified atom stereocenters. The van der Waals surface area contributed by atoms with E-state index in [1.165, 1.54) is 0 Å². The summed E-state index contributed by atoms with van der Waals surface area (Å²) >= 11 is 5.31. The van der Waals surface area contributed by atoms with Crippen LogP contribution in [0.2, 0.25) is 0 Å². The fourth-order valence-corrected chi connectivity index (χ4v) is 1.80. The second kappa shape index (κ2) is 3.30. The van der Waals surface area contributed by atoms with Crippen LogP contribution in [0.3, 0.4) is 0 Å². The summed E-state index contributed by atoms with van der Waals surface area (Å²) in [5, 5.41) is 0. The van der Waals surface area contributed by atoms with Crippen molar-refractivity contribution in [2.75, 3.05) is 0 Å². The van der Waals surface area contributed by atoms with Crippen LogP contribution in [0.1, 0.15) is 0 Å². The smallest absolute Gasteiger partial charge is 0.218 e. The summed E-state index contributed by atoms with van der Waals surface area (Å²) in [7, 11) is 0. The first-order chi connectivity index (χ1) is 4.74. The molecule has 0 aliphatic rings. The highest BCUT2D eigenvalue weighted by Crippen LogP contribution is 2.22. The van der Waals surface area contributed by atoms with Crippen LogP contribution in [0.5, 0.6) is 0 Å². The van der Waals surface area contributed by atoms with Crippen molar-refractivity contribution in [2.45, 2.75) is 0 Å². The number of nitrogens with zero attached hydrogens (tertiary/aromatic N) is 2. The minimum Gasteiger partial charge on any atom is -0.261 e. The van der Waals surface area contributed by atoms with E-state index in [1.54, 1.807) is 6.20 Å². The third-order valence-corrected chi connectivity index (χ3v) is 2.22. The van der Waals surface area contributed by atoms with Gasteiger partial charge in [-0.15, -0.1) is 0 Å². The molecule has 1 aromatic heterocycles. The second-order valence-corrected chi connectivity index (χ2v) is 3.54. The third kappa shape index (κ3) is 1.67. The van der Waals surface area contributed by atoms with Gasteiger partial charge in [-0.2, -0.15) is 0 Å². The molecule has 0 aromatic carbocycles. The maximum Gasteiger partial charge on any atom is 0.218 e. The van der Waals surface area contributed by atoms with E-state index in [4.69, 9.17) is 6.57 Å². The lowest BCUT2D eigenvalue weighted by atomic mass is 10.4. The predicted octanol–water partition coefficient (Wildman–Crippen LogP) is 3.00. The molecule has 0 N–H and O–H groups in total. The van der Waals surface area contributed by atoms with Gasteiger partial charge in [0, 0.05) is 9.77 Å². The van der Waals surface area contributed by atoms with E-state index >= 15 is 0 Å². The van der Waals surface area contributed by atoms with Gasteiger partial charge < -0.3 is 0 Å². The Labute approximate surface area is 80.7 Å². The van der Waals surface area contributed by atoms with E-state index < -0.39 is 0 Å². The van der Waals surface area contributed by atoms with Crippen molar-refractivity contribution >= 4 is 44.2 Å². The first kappa shape index (κ1) is 7.95. The van der Waals surface area contributed by atoms with E-state index in [2.05, 4.69) is 48.3 Å². The third-order valence-electron chi connectivity index (χ3n) is 0.921. The molecule has 1 aromatic rings. The van der Waals surface area contributed by atoms with Crippen molar-refractivity contribution in [1.82, 2.24) is 4.98 Å². The first-order valence-corrected chi connectivity index (χ1v) is 4.29. The summed E-state index contributed by atoms with van der Waals surface area (Å²) in [5.74, 6) is 0. The highest BCUT2D eigenvalue weighted by Gasteiger charge is 1.98. The Morgan fingerprint density at radius 2 is 2.40 bits per heavy atom. The highest BCUT2D eigenvalue weighted by atomic mass is 127. The van der Waals surface area contributed by atoms with Gasteiger partial charge in [0.25, 0.3) is 0 Å². The maximum atomic E-state index is 6.72. The topological polar surface area (TPSA) is 17.2 Å². The Balaban J connectivity index is 3.23. The van der Waals surface area contributed by atoms with Crippen LogP contribution in [0, 0.1) is 10.1 Å². The molecule has 0 fully saturated rings. The van der Waals surface area contributed by atoms with Gasteiger partial charge >= 0.3 is 0 Å². The van der Waals surface area contributed by atoms with Crippen LogP contribution in [0.25, 0.3) is 4.85 Å². The molecule has 2 nitrogen and oxygen atoms in total. The van der Waals surface area contributed by atoms with Crippen LogP contribution in [-0.4, -0.2) is 4.98 Å². The predicted molar refractivity (Wildman–Crippen MR) is 50.9 cm³/mol. The van der Waals surface area contributed by atoms with Crippen molar-refractivity contribution in [3.8, 4) is 0 Å². The normalized spacial score (nSPS) is 8.90. The molecule has 0 saturated carbocycles. The zero-order chi connectivity index (χ0) is 7.56. The van der Waals surface area contributed by atoms with Gasteiger partial charge in [-0.25, -0.2) is 4.85 Å². The molecule has 0 aliphatic carbocycles. The molecule has 50 valence electrons. The second-order valence-electron chi connectivity index (χ2n) is 1.57. The van der Waals surface area contributed by atoms with Crippen LogP contribution in [0.4, 0.5) is 5.69 Å². The lowest BCUT2D eigenvalue weighted by molar-refractivity contribution is 1.27. The SMILES string of the molecule is [C-]#[N+]c1cnc(Br)cc1I. The number of halogens is 2. The lowest BCUT2D eigenvalue weighted by Gasteiger charge is -1.92. The van der Waals surface area contributed by atoms with Gasteiger partial charge in [-0.1, -0.05) is 22.6 Å². The Kier molecular flexibility index (Phi) is 2.63. The van der Waals surface area contributed by atoms with Gasteiger partial charge in [0.1, 0.15) is 4.60 Å². The zero-order valence-electron chi connectivity index (χ0n) is 4.81. The van der Waals surface area contributed by atoms with Crippen molar-refractivity contribution in [2.24, 2.45) is 0 Å². The summed E-state index contributed by atoms with van der Waals surface area (Å²) in [5.41, 5.74) is 0.601. The number of pyridine rings is 1. The molecular formula is C6H2BrIN2. The average molecular weight is 309 g/mol. The Bertz CT molecular complexity index is 292. The van der Waals surface area contributed by atoms with Crippen molar-refractivity contribution in [3.63, 3.8) is 0 Å². The Hall–Kier alpha value is -0.150. The van der Waals surface area contributed by atoms with E-state index in [0.717, 1.165) is 8.17 Å². The average Bonchev–Trinajstić information content (AvgIpc) is 1.88. The van der Waals surface area contributed by atoms with Gasteiger partial charge in [0.15, 0.2) is 0 Å². The fourth-order valence-electron chi connectivity index (χ4n) is 0.483. The van der Waals surface area contributed by atoms with E-state index in [9.17, 15) is 0 Å². The van der Waals surface area contributed by atoms with Crippen molar-refractivity contribution < 1.29 is 0 Å². The fraction of sp³-hybridized carbons (Fsp3) is 0. The van der Waals surface area contributed by atoms with Crippen molar-refractivity contribution in [3.05, 3.63) is 31.9 Å². The molecule has 1 heterocycles. The maximum absolute atomic E-state index is 6.72. The monoisotopic (exact) mass is 308 g/mol. The van der Waals surface area contributed by atoms with Crippen molar-refractivity contribution in [1.29, 1.82) is 0 Å². The molecular weight excluding hydrogens is 307 g/mol. The summed E-state index contributed by atoms with van der Waals surface area (Å²) in [4.78, 5) is 7.18. The highest BCUT2D eigenvalue weighted by molar-refractivity contribution is 14.1. The molecule has 4 heteroatoms. The quantitative estimate of drug-likeness (QED) is 0.409. The van der Waals surface area contributed by atoms with E-state index in [1.807, 2.05) is 6.07 Å². The van der Waals surface area contributed by atoms with Crippen LogP contribution in [-0.2, 0) is 0 Å². The summed E-state index contributed by atoms with van der Waals surface area (Å²) in [6, 6.07) is 1.81. The van der Waals surface area contributed by atoms with Crippen LogP contribution < -0.4 is 0 Å². The molecule has 0 amide bonds. The standard InChI is InChI=1S/C6H2BrIN2/c1-9-5-3-10-6(7)2-4(5)8/h2-3H. The Morgan fingerprint density at radius 1 is 1.70 bits per heavy atom. The molecule has 0 atom stereocenters. The zero-order valence-corrected chi connectivity index (χ0v) is 8.55. The minimum atomic E-state index is 0.601. The first-order valence-electron chi connectivity index (χ1n) is 2.42. The number of rotatable bonds is 0. The molecule has 0 saturated heterocycles.